The van der Waals surface area contributed by atoms with Crippen molar-refractivity contribution in [3.63, 3.8) is 0 Å². The number of likely N-dealkylation sites (tertiary alicyclic amines) is 1. The maximum Gasteiger partial charge on any atom is 0.256 e. The fourth-order valence-corrected chi connectivity index (χ4v) is 2.40. The van der Waals surface area contributed by atoms with Crippen molar-refractivity contribution in [2.45, 2.75) is 19.3 Å². The number of nitrogens with zero attached hydrogens (tertiary/aromatic N) is 2. The van der Waals surface area contributed by atoms with Crippen molar-refractivity contribution in [2.24, 2.45) is 0 Å². The van der Waals surface area contributed by atoms with Crippen LogP contribution in [-0.2, 0) is 0 Å². The topological polar surface area (TPSA) is 49.0 Å². The molecule has 0 aliphatic carbocycles. The number of carbonyl (C=O) groups is 1. The van der Waals surface area contributed by atoms with E-state index in [1.165, 1.54) is 6.42 Å². The van der Waals surface area contributed by atoms with Gasteiger partial charge in [0.05, 0.1) is 5.56 Å². The predicted molar refractivity (Wildman–Crippen MR) is 65.8 cm³/mol. The van der Waals surface area contributed by atoms with Crippen molar-refractivity contribution >= 4 is 16.9 Å². The van der Waals surface area contributed by atoms with Crippen molar-refractivity contribution in [1.29, 1.82) is 0 Å². The lowest BCUT2D eigenvalue weighted by molar-refractivity contribution is 0.0726. The molecular weight excluding hydrogens is 214 g/mol. The van der Waals surface area contributed by atoms with Crippen LogP contribution in [0.25, 0.3) is 11.0 Å². The van der Waals surface area contributed by atoms with Crippen molar-refractivity contribution < 1.29 is 4.79 Å². The summed E-state index contributed by atoms with van der Waals surface area (Å²) < 4.78 is 0. The van der Waals surface area contributed by atoms with Gasteiger partial charge in [-0.3, -0.25) is 4.79 Å². The van der Waals surface area contributed by atoms with Crippen LogP contribution in [0.2, 0.25) is 0 Å². The van der Waals surface area contributed by atoms with Crippen LogP contribution < -0.4 is 0 Å². The van der Waals surface area contributed by atoms with E-state index in [1.54, 1.807) is 12.4 Å². The second kappa shape index (κ2) is 4.20. The molecule has 1 aliphatic heterocycles. The van der Waals surface area contributed by atoms with Crippen molar-refractivity contribution in [2.75, 3.05) is 13.1 Å². The fraction of sp³-hybridized carbons (Fsp3) is 0.385. The number of piperidine rings is 1. The number of carbonyl (C=O) groups excluding carboxylic acids is 1. The number of amides is 1. The largest absolute Gasteiger partial charge is 0.345 e. The Morgan fingerprint density at radius 2 is 2.12 bits per heavy atom. The molecule has 0 atom stereocenters. The molecule has 88 valence electrons. The number of fused-ring (bicyclic) bond motifs is 1. The number of hydrogen-bond donors (Lipinski definition) is 1. The van der Waals surface area contributed by atoms with Crippen LogP contribution in [0.5, 0.6) is 0 Å². The number of rotatable bonds is 1. The number of pyridine rings is 1. The molecule has 0 radical (unpaired) electrons. The Bertz CT molecular complexity index is 540. The van der Waals surface area contributed by atoms with Gasteiger partial charge >= 0.3 is 0 Å². The number of hydrogen-bond acceptors (Lipinski definition) is 2. The number of aromatic nitrogens is 2. The molecule has 4 heteroatoms. The highest BCUT2D eigenvalue weighted by Crippen LogP contribution is 2.19. The number of aromatic amines is 1. The maximum atomic E-state index is 12.4. The smallest absolute Gasteiger partial charge is 0.256 e. The monoisotopic (exact) mass is 229 g/mol. The summed E-state index contributed by atoms with van der Waals surface area (Å²) in [6, 6.07) is 3.80. The normalized spacial score (nSPS) is 16.4. The molecular formula is C13H15N3O. The zero-order valence-electron chi connectivity index (χ0n) is 9.65. The number of nitrogens with one attached hydrogen (secondary N) is 1. The molecule has 2 aromatic heterocycles. The summed E-state index contributed by atoms with van der Waals surface area (Å²) >= 11 is 0. The highest BCUT2D eigenvalue weighted by atomic mass is 16.2. The molecule has 1 aliphatic rings. The van der Waals surface area contributed by atoms with Gasteiger partial charge < -0.3 is 9.88 Å². The molecule has 0 saturated carbocycles. The van der Waals surface area contributed by atoms with Gasteiger partial charge in [-0.2, -0.15) is 0 Å². The molecule has 0 aromatic carbocycles. The minimum atomic E-state index is 0.129. The van der Waals surface area contributed by atoms with E-state index in [2.05, 4.69) is 9.97 Å². The Hall–Kier alpha value is -1.84. The molecule has 1 fully saturated rings. The van der Waals surface area contributed by atoms with E-state index in [-0.39, 0.29) is 5.91 Å². The Morgan fingerprint density at radius 3 is 2.94 bits per heavy atom. The standard InChI is InChI=1S/C13H15N3O/c17-13(16-7-2-1-3-8-16)11-9-15-12-10(11)5-4-6-14-12/h4-6,9H,1-3,7-8H2,(H,14,15). The summed E-state index contributed by atoms with van der Waals surface area (Å²) in [5, 5.41) is 0.920. The van der Waals surface area contributed by atoms with E-state index < -0.39 is 0 Å². The molecule has 1 saturated heterocycles. The molecule has 2 aromatic rings. The molecule has 3 heterocycles. The first kappa shape index (κ1) is 10.3. The van der Waals surface area contributed by atoms with Gasteiger partial charge in [-0.05, 0) is 31.4 Å². The average Bonchev–Trinajstić information content (AvgIpc) is 2.83. The maximum absolute atomic E-state index is 12.4. The minimum absolute atomic E-state index is 0.129. The Morgan fingerprint density at radius 1 is 1.29 bits per heavy atom. The molecule has 1 N–H and O–H groups in total. The average molecular weight is 229 g/mol. The third-order valence-electron chi connectivity index (χ3n) is 3.32. The highest BCUT2D eigenvalue weighted by Gasteiger charge is 2.20. The quantitative estimate of drug-likeness (QED) is 0.814. The van der Waals surface area contributed by atoms with Gasteiger partial charge in [0.2, 0.25) is 0 Å². The van der Waals surface area contributed by atoms with Crippen LogP contribution >= 0.6 is 0 Å². The minimum Gasteiger partial charge on any atom is -0.345 e. The Labute approximate surface area is 99.6 Å². The van der Waals surface area contributed by atoms with E-state index >= 15 is 0 Å². The Balaban J connectivity index is 1.95. The van der Waals surface area contributed by atoms with Gasteiger partial charge in [-0.1, -0.05) is 0 Å². The van der Waals surface area contributed by atoms with Crippen LogP contribution in [0, 0.1) is 0 Å². The highest BCUT2D eigenvalue weighted by molar-refractivity contribution is 6.05. The molecule has 0 spiro atoms. The van der Waals surface area contributed by atoms with Crippen molar-refractivity contribution in [1.82, 2.24) is 14.9 Å². The van der Waals surface area contributed by atoms with E-state index in [9.17, 15) is 4.79 Å². The van der Waals surface area contributed by atoms with Gasteiger partial charge in [0.1, 0.15) is 5.65 Å². The summed E-state index contributed by atoms with van der Waals surface area (Å²) in [6.07, 6.45) is 6.97. The Kier molecular flexibility index (Phi) is 2.55. The van der Waals surface area contributed by atoms with Crippen molar-refractivity contribution in [3.8, 4) is 0 Å². The number of H-pyrrole nitrogens is 1. The second-order valence-corrected chi connectivity index (χ2v) is 4.45. The van der Waals surface area contributed by atoms with Crippen LogP contribution in [0.1, 0.15) is 29.6 Å². The molecule has 4 nitrogen and oxygen atoms in total. The first-order valence-electron chi connectivity index (χ1n) is 6.07. The first-order chi connectivity index (χ1) is 8.36. The van der Waals surface area contributed by atoms with E-state index in [4.69, 9.17) is 0 Å². The molecule has 3 rings (SSSR count). The summed E-state index contributed by atoms with van der Waals surface area (Å²) in [5.74, 6) is 0.129. The van der Waals surface area contributed by atoms with Gasteiger partial charge in [0.15, 0.2) is 0 Å². The van der Waals surface area contributed by atoms with Gasteiger partial charge in [-0.15, -0.1) is 0 Å². The van der Waals surface area contributed by atoms with Crippen molar-refractivity contribution in [3.05, 3.63) is 30.1 Å². The molecule has 1 amide bonds. The lowest BCUT2D eigenvalue weighted by Crippen LogP contribution is -2.35. The molecule has 17 heavy (non-hydrogen) atoms. The van der Waals surface area contributed by atoms with Gasteiger partial charge in [-0.25, -0.2) is 4.98 Å². The van der Waals surface area contributed by atoms with E-state index in [1.807, 2.05) is 17.0 Å². The lowest BCUT2D eigenvalue weighted by Gasteiger charge is -2.26. The van der Waals surface area contributed by atoms with Crippen LogP contribution in [0.3, 0.4) is 0 Å². The summed E-state index contributed by atoms with van der Waals surface area (Å²) in [6.45, 7) is 1.76. The van der Waals surface area contributed by atoms with Gasteiger partial charge in [0.25, 0.3) is 5.91 Å². The summed E-state index contributed by atoms with van der Waals surface area (Å²) in [5.41, 5.74) is 1.53. The fourth-order valence-electron chi connectivity index (χ4n) is 2.40. The molecule has 0 bridgehead atoms. The third-order valence-corrected chi connectivity index (χ3v) is 3.32. The van der Waals surface area contributed by atoms with Crippen LogP contribution in [-0.4, -0.2) is 33.9 Å². The molecule has 0 unspecified atom stereocenters. The second-order valence-electron chi connectivity index (χ2n) is 4.45. The van der Waals surface area contributed by atoms with Gasteiger partial charge in [0, 0.05) is 30.9 Å². The first-order valence-corrected chi connectivity index (χ1v) is 6.07. The van der Waals surface area contributed by atoms with E-state index in [0.717, 1.165) is 42.5 Å². The third kappa shape index (κ3) is 1.79. The lowest BCUT2D eigenvalue weighted by atomic mass is 10.1. The van der Waals surface area contributed by atoms with Crippen LogP contribution in [0.15, 0.2) is 24.5 Å². The van der Waals surface area contributed by atoms with E-state index in [0.29, 0.717) is 0 Å². The van der Waals surface area contributed by atoms with Crippen LogP contribution in [0.4, 0.5) is 0 Å². The summed E-state index contributed by atoms with van der Waals surface area (Å²) in [7, 11) is 0. The zero-order chi connectivity index (χ0) is 11.7. The predicted octanol–water partition coefficient (Wildman–Crippen LogP) is 2.19. The summed E-state index contributed by atoms with van der Waals surface area (Å²) in [4.78, 5) is 21.5. The zero-order valence-corrected chi connectivity index (χ0v) is 9.65. The SMILES string of the molecule is O=C(c1c[nH]c2ncccc12)N1CCCCC1.